The van der Waals surface area contributed by atoms with Crippen LogP contribution in [0.25, 0.3) is 0 Å². The number of morpholine rings is 1. The minimum Gasteiger partial charge on any atom is -0.492 e. The Bertz CT molecular complexity index is 842. The lowest BCUT2D eigenvalue weighted by atomic mass is 10.2. The maximum atomic E-state index is 12.3. The number of benzene rings is 1. The first-order valence-electron chi connectivity index (χ1n) is 10.5. The lowest BCUT2D eigenvalue weighted by Gasteiger charge is -2.39. The van der Waals surface area contributed by atoms with E-state index in [2.05, 4.69) is 15.2 Å². The fourth-order valence-corrected chi connectivity index (χ4v) is 5.10. The minimum absolute atomic E-state index is 0. The van der Waals surface area contributed by atoms with Gasteiger partial charge in [-0.25, -0.2) is 8.42 Å². The van der Waals surface area contributed by atoms with E-state index in [1.54, 1.807) is 20.9 Å². The maximum Gasteiger partial charge on any atom is 0.193 e. The van der Waals surface area contributed by atoms with E-state index in [0.717, 1.165) is 44.2 Å². The van der Waals surface area contributed by atoms with Gasteiger partial charge in [-0.2, -0.15) is 0 Å². The van der Waals surface area contributed by atoms with Crippen molar-refractivity contribution in [2.75, 3.05) is 65.3 Å². The van der Waals surface area contributed by atoms with Crippen molar-refractivity contribution in [1.82, 2.24) is 15.1 Å². The number of aliphatic imine (C=N–C) groups is 1. The summed E-state index contributed by atoms with van der Waals surface area (Å²) in [7, 11) is -1.36. The SMILES string of the molecule is CN=C(NCc1ccccc1OCCN1CCOCC1)N1CCS(=O)(=O)C(C)(C)C1.I. The molecule has 0 amide bonds. The van der Waals surface area contributed by atoms with Gasteiger partial charge in [-0.05, 0) is 19.9 Å². The first-order valence-corrected chi connectivity index (χ1v) is 12.2. The van der Waals surface area contributed by atoms with Crippen molar-refractivity contribution in [1.29, 1.82) is 0 Å². The predicted molar refractivity (Wildman–Crippen MR) is 134 cm³/mol. The van der Waals surface area contributed by atoms with Crippen LogP contribution in [0.15, 0.2) is 29.3 Å². The Balaban J connectivity index is 0.00000341. The van der Waals surface area contributed by atoms with Crippen molar-refractivity contribution < 1.29 is 17.9 Å². The summed E-state index contributed by atoms with van der Waals surface area (Å²) < 4.78 is 35.2. The van der Waals surface area contributed by atoms with Gasteiger partial charge >= 0.3 is 0 Å². The number of nitrogens with one attached hydrogen (secondary N) is 1. The fourth-order valence-electron chi connectivity index (χ4n) is 3.73. The van der Waals surface area contributed by atoms with Gasteiger partial charge in [-0.15, -0.1) is 24.0 Å². The molecule has 8 nitrogen and oxygen atoms in total. The molecule has 2 saturated heterocycles. The molecule has 31 heavy (non-hydrogen) atoms. The number of hydrogen-bond donors (Lipinski definition) is 1. The zero-order valence-electron chi connectivity index (χ0n) is 18.7. The predicted octanol–water partition coefficient (Wildman–Crippen LogP) is 1.60. The van der Waals surface area contributed by atoms with Crippen LogP contribution in [0.1, 0.15) is 19.4 Å². The van der Waals surface area contributed by atoms with Crippen LogP contribution in [-0.4, -0.2) is 94.3 Å². The molecule has 1 aromatic rings. The van der Waals surface area contributed by atoms with E-state index in [1.807, 2.05) is 29.2 Å². The van der Waals surface area contributed by atoms with E-state index in [0.29, 0.717) is 32.2 Å². The zero-order valence-corrected chi connectivity index (χ0v) is 21.8. The minimum atomic E-state index is -3.09. The van der Waals surface area contributed by atoms with Gasteiger partial charge in [-0.3, -0.25) is 9.89 Å². The highest BCUT2D eigenvalue weighted by atomic mass is 127. The second-order valence-electron chi connectivity index (χ2n) is 8.31. The van der Waals surface area contributed by atoms with Gasteiger partial charge in [0.2, 0.25) is 0 Å². The van der Waals surface area contributed by atoms with Crippen LogP contribution in [0.5, 0.6) is 5.75 Å². The van der Waals surface area contributed by atoms with E-state index in [-0.39, 0.29) is 29.7 Å². The molecular formula is C21H35IN4O4S. The number of halogens is 1. The molecule has 0 aliphatic carbocycles. The maximum absolute atomic E-state index is 12.3. The number of sulfone groups is 1. The quantitative estimate of drug-likeness (QED) is 0.318. The summed E-state index contributed by atoms with van der Waals surface area (Å²) in [6, 6.07) is 7.98. The molecule has 2 fully saturated rings. The third-order valence-corrected chi connectivity index (χ3v) is 8.27. The molecule has 2 aliphatic rings. The standard InChI is InChI=1S/C21H34N4O4S.HI/c1-21(2)17-25(11-15-30(21,26)27)20(22-3)23-16-18-6-4-5-7-19(18)29-14-10-24-8-12-28-13-9-24;/h4-7H,8-17H2,1-3H3,(H,22,23);1H. The van der Waals surface area contributed by atoms with Crippen LogP contribution in [0.3, 0.4) is 0 Å². The van der Waals surface area contributed by atoms with E-state index < -0.39 is 14.6 Å². The largest absolute Gasteiger partial charge is 0.492 e. The third kappa shape index (κ3) is 6.93. The van der Waals surface area contributed by atoms with Gasteiger partial charge in [0.25, 0.3) is 0 Å². The van der Waals surface area contributed by atoms with Crippen LogP contribution in [-0.2, 0) is 21.1 Å². The van der Waals surface area contributed by atoms with E-state index in [9.17, 15) is 8.42 Å². The van der Waals surface area contributed by atoms with E-state index in [1.165, 1.54) is 0 Å². The summed E-state index contributed by atoms with van der Waals surface area (Å²) in [5.74, 6) is 1.71. The Morgan fingerprint density at radius 2 is 1.94 bits per heavy atom. The smallest absolute Gasteiger partial charge is 0.193 e. The van der Waals surface area contributed by atoms with E-state index in [4.69, 9.17) is 9.47 Å². The molecule has 0 bridgehead atoms. The molecule has 10 heteroatoms. The highest BCUT2D eigenvalue weighted by molar-refractivity contribution is 14.0. The average Bonchev–Trinajstić information content (AvgIpc) is 2.73. The molecule has 0 saturated carbocycles. The molecule has 1 aromatic carbocycles. The summed E-state index contributed by atoms with van der Waals surface area (Å²) in [6.45, 7) is 9.96. The molecule has 0 unspecified atom stereocenters. The molecule has 2 heterocycles. The summed E-state index contributed by atoms with van der Waals surface area (Å²) in [4.78, 5) is 8.73. The zero-order chi connectivity index (χ0) is 21.6. The summed E-state index contributed by atoms with van der Waals surface area (Å²) in [6.07, 6.45) is 0. The Hall–Kier alpha value is -1.11. The van der Waals surface area contributed by atoms with Crippen LogP contribution in [0.4, 0.5) is 0 Å². The third-order valence-electron chi connectivity index (χ3n) is 5.73. The Kier molecular flexibility index (Phi) is 9.84. The molecule has 1 N–H and O–H groups in total. The first-order chi connectivity index (χ1) is 14.3. The summed E-state index contributed by atoms with van der Waals surface area (Å²) in [5.41, 5.74) is 1.05. The number of hydrogen-bond acceptors (Lipinski definition) is 6. The van der Waals surface area contributed by atoms with Gasteiger partial charge in [0.1, 0.15) is 12.4 Å². The molecule has 176 valence electrons. The van der Waals surface area contributed by atoms with Gasteiger partial charge in [0.05, 0.1) is 23.7 Å². The van der Waals surface area contributed by atoms with Gasteiger partial charge in [0, 0.05) is 51.9 Å². The molecule has 0 atom stereocenters. The monoisotopic (exact) mass is 566 g/mol. The Morgan fingerprint density at radius 1 is 1.23 bits per heavy atom. The molecule has 2 aliphatic heterocycles. The number of nitrogens with zero attached hydrogens (tertiary/aromatic N) is 3. The average molecular weight is 567 g/mol. The van der Waals surface area contributed by atoms with Gasteiger partial charge < -0.3 is 19.7 Å². The Labute approximate surface area is 203 Å². The molecule has 0 aromatic heterocycles. The van der Waals surface area contributed by atoms with Gasteiger partial charge in [0.15, 0.2) is 15.8 Å². The number of guanidine groups is 1. The van der Waals surface area contributed by atoms with Crippen molar-refractivity contribution in [3.05, 3.63) is 29.8 Å². The van der Waals surface area contributed by atoms with Crippen molar-refractivity contribution in [2.24, 2.45) is 4.99 Å². The lowest BCUT2D eigenvalue weighted by molar-refractivity contribution is 0.0322. The van der Waals surface area contributed by atoms with Crippen LogP contribution < -0.4 is 10.1 Å². The van der Waals surface area contributed by atoms with Crippen molar-refractivity contribution in [3.8, 4) is 5.75 Å². The van der Waals surface area contributed by atoms with Crippen molar-refractivity contribution in [2.45, 2.75) is 25.1 Å². The Morgan fingerprint density at radius 3 is 2.61 bits per heavy atom. The molecule has 0 spiro atoms. The fraction of sp³-hybridized carbons (Fsp3) is 0.667. The highest BCUT2D eigenvalue weighted by Crippen LogP contribution is 2.24. The molecule has 3 rings (SSSR count). The number of para-hydroxylation sites is 1. The first kappa shape index (κ1) is 26.1. The molecular weight excluding hydrogens is 531 g/mol. The lowest BCUT2D eigenvalue weighted by Crippen LogP contribution is -2.57. The number of ether oxygens (including phenoxy) is 2. The van der Waals surface area contributed by atoms with Crippen LogP contribution in [0.2, 0.25) is 0 Å². The second-order valence-corrected chi connectivity index (χ2v) is 11.1. The number of rotatable bonds is 6. The van der Waals surface area contributed by atoms with E-state index >= 15 is 0 Å². The van der Waals surface area contributed by atoms with Crippen LogP contribution >= 0.6 is 24.0 Å². The molecule has 0 radical (unpaired) electrons. The van der Waals surface area contributed by atoms with Gasteiger partial charge in [-0.1, -0.05) is 18.2 Å². The highest BCUT2D eigenvalue weighted by Gasteiger charge is 2.40. The summed E-state index contributed by atoms with van der Waals surface area (Å²) in [5, 5.41) is 3.37. The topological polar surface area (TPSA) is 83.5 Å². The second kappa shape index (κ2) is 11.7. The van der Waals surface area contributed by atoms with Crippen molar-refractivity contribution >= 4 is 39.8 Å². The van der Waals surface area contributed by atoms with Crippen molar-refractivity contribution in [3.63, 3.8) is 0 Å². The normalized spacial score (nSPS) is 21.3. The van der Waals surface area contributed by atoms with Crippen LogP contribution in [0, 0.1) is 0 Å². The summed E-state index contributed by atoms with van der Waals surface area (Å²) >= 11 is 0.